The number of sulfone groups is 1. The van der Waals surface area contributed by atoms with Crippen LogP contribution in [0.3, 0.4) is 0 Å². The van der Waals surface area contributed by atoms with Crippen LogP contribution in [0.4, 0.5) is 0 Å². The van der Waals surface area contributed by atoms with Crippen LogP contribution in [-0.4, -0.2) is 75.0 Å². The van der Waals surface area contributed by atoms with Crippen molar-refractivity contribution in [2.45, 2.75) is 57.8 Å². The van der Waals surface area contributed by atoms with Gasteiger partial charge in [-0.25, -0.2) is 8.42 Å². The van der Waals surface area contributed by atoms with E-state index in [-0.39, 0.29) is 30.2 Å². The number of benzene rings is 2. The van der Waals surface area contributed by atoms with Crippen molar-refractivity contribution in [3.05, 3.63) is 42.5 Å². The van der Waals surface area contributed by atoms with Gasteiger partial charge in [-0.2, -0.15) is 0 Å². The zero-order valence-corrected chi connectivity index (χ0v) is 23.3. The second kappa shape index (κ2) is 14.7. The maximum absolute atomic E-state index is 13.7. The van der Waals surface area contributed by atoms with E-state index in [0.29, 0.717) is 26.1 Å². The van der Waals surface area contributed by atoms with Gasteiger partial charge in [-0.3, -0.25) is 14.4 Å². The second-order valence-electron chi connectivity index (χ2n) is 9.14. The number of rotatable bonds is 15. The van der Waals surface area contributed by atoms with Crippen molar-refractivity contribution in [1.29, 1.82) is 0 Å². The molecule has 2 aromatic rings. The van der Waals surface area contributed by atoms with E-state index in [1.165, 1.54) is 12.0 Å². The number of fused-ring (bicyclic) bond motifs is 1. The minimum atomic E-state index is -3.86. The van der Waals surface area contributed by atoms with E-state index in [2.05, 4.69) is 0 Å². The number of carbonyl (C=O) groups is 3. The SMILES string of the molecule is CCCCCN(CC(=O)N(CC)CC)C(=O)C(CCC(=O)OC)CS(=O)(=O)c1ccc2ccccc2c1. The van der Waals surface area contributed by atoms with E-state index in [4.69, 9.17) is 4.74 Å². The summed E-state index contributed by atoms with van der Waals surface area (Å²) >= 11 is 0. The number of esters is 1. The van der Waals surface area contributed by atoms with Crippen molar-refractivity contribution in [2.24, 2.45) is 5.92 Å². The van der Waals surface area contributed by atoms with Gasteiger partial charge in [0.05, 0.1) is 30.2 Å². The first-order chi connectivity index (χ1) is 17.7. The van der Waals surface area contributed by atoms with E-state index >= 15 is 0 Å². The predicted octanol–water partition coefficient (Wildman–Crippen LogP) is 4.07. The van der Waals surface area contributed by atoms with E-state index in [1.807, 2.05) is 45.0 Å². The molecule has 2 rings (SSSR count). The van der Waals surface area contributed by atoms with E-state index in [9.17, 15) is 22.8 Å². The molecule has 8 nitrogen and oxygen atoms in total. The number of carbonyl (C=O) groups excluding carboxylic acids is 3. The Kier molecular flexibility index (Phi) is 12.0. The molecule has 0 fully saturated rings. The van der Waals surface area contributed by atoms with Crippen molar-refractivity contribution < 1.29 is 27.5 Å². The molecular formula is C28H40N2O6S. The molecule has 0 aromatic heterocycles. The molecule has 0 bridgehead atoms. The van der Waals surface area contributed by atoms with Crippen molar-refractivity contribution in [3.63, 3.8) is 0 Å². The summed E-state index contributed by atoms with van der Waals surface area (Å²) in [5.74, 6) is -2.56. The van der Waals surface area contributed by atoms with Gasteiger partial charge >= 0.3 is 5.97 Å². The molecule has 1 unspecified atom stereocenters. The number of amides is 2. The van der Waals surface area contributed by atoms with Crippen LogP contribution < -0.4 is 0 Å². The molecule has 0 saturated heterocycles. The Bertz CT molecular complexity index is 1160. The fourth-order valence-corrected chi connectivity index (χ4v) is 5.93. The number of methoxy groups -OCH3 is 1. The summed E-state index contributed by atoms with van der Waals surface area (Å²) in [5.41, 5.74) is 0. The summed E-state index contributed by atoms with van der Waals surface area (Å²) in [5, 5.41) is 1.70. The van der Waals surface area contributed by atoms with Gasteiger partial charge in [0.1, 0.15) is 0 Å². The molecule has 0 aliphatic rings. The maximum Gasteiger partial charge on any atom is 0.305 e. The molecule has 0 N–H and O–H groups in total. The smallest absolute Gasteiger partial charge is 0.305 e. The minimum absolute atomic E-state index is 0.0159. The highest BCUT2D eigenvalue weighted by atomic mass is 32.2. The third-order valence-corrected chi connectivity index (χ3v) is 8.37. The van der Waals surface area contributed by atoms with Crippen LogP contribution in [0.2, 0.25) is 0 Å². The number of likely N-dealkylation sites (N-methyl/N-ethyl adjacent to an activating group) is 1. The van der Waals surface area contributed by atoms with Gasteiger partial charge in [-0.1, -0.05) is 50.1 Å². The summed E-state index contributed by atoms with van der Waals surface area (Å²) in [7, 11) is -2.60. The fraction of sp³-hybridized carbons (Fsp3) is 0.536. The van der Waals surface area contributed by atoms with E-state index in [0.717, 1.165) is 23.6 Å². The number of hydrogen-bond donors (Lipinski definition) is 0. The molecule has 0 aliphatic heterocycles. The molecular weight excluding hydrogens is 492 g/mol. The first-order valence-electron chi connectivity index (χ1n) is 13.0. The van der Waals surface area contributed by atoms with Gasteiger partial charge in [0.15, 0.2) is 9.84 Å². The van der Waals surface area contributed by atoms with Crippen molar-refractivity contribution in [1.82, 2.24) is 9.80 Å². The predicted molar refractivity (Wildman–Crippen MR) is 145 cm³/mol. The van der Waals surface area contributed by atoms with Crippen molar-refractivity contribution >= 4 is 38.4 Å². The Morgan fingerprint density at radius 1 is 0.919 bits per heavy atom. The summed E-state index contributed by atoms with van der Waals surface area (Å²) in [4.78, 5) is 41.7. The largest absolute Gasteiger partial charge is 0.469 e. The van der Waals surface area contributed by atoms with Gasteiger partial charge in [0.25, 0.3) is 0 Å². The molecule has 204 valence electrons. The summed E-state index contributed by atoms with van der Waals surface area (Å²) in [6.07, 6.45) is 2.45. The van der Waals surface area contributed by atoms with Gasteiger partial charge in [0.2, 0.25) is 11.8 Å². The fourth-order valence-electron chi connectivity index (χ4n) is 4.31. The van der Waals surface area contributed by atoms with Gasteiger partial charge in [-0.05, 0) is 49.6 Å². The normalized spacial score (nSPS) is 12.2. The Morgan fingerprint density at radius 2 is 1.59 bits per heavy atom. The maximum atomic E-state index is 13.7. The zero-order chi connectivity index (χ0) is 27.4. The van der Waals surface area contributed by atoms with Crippen LogP contribution in [0.15, 0.2) is 47.4 Å². The molecule has 2 amide bonds. The lowest BCUT2D eigenvalue weighted by molar-refractivity contribution is -0.144. The van der Waals surface area contributed by atoms with Gasteiger partial charge in [-0.15, -0.1) is 0 Å². The monoisotopic (exact) mass is 532 g/mol. The molecule has 0 aliphatic carbocycles. The lowest BCUT2D eigenvalue weighted by Crippen LogP contribution is -2.46. The second-order valence-corrected chi connectivity index (χ2v) is 11.2. The van der Waals surface area contributed by atoms with Crippen molar-refractivity contribution in [3.8, 4) is 0 Å². The molecule has 1 atom stereocenters. The summed E-state index contributed by atoms with van der Waals surface area (Å²) in [6.45, 7) is 7.07. The Morgan fingerprint density at radius 3 is 2.22 bits per heavy atom. The topological polar surface area (TPSA) is 101 Å². The lowest BCUT2D eigenvalue weighted by atomic mass is 10.0. The average Bonchev–Trinajstić information content (AvgIpc) is 2.90. The third kappa shape index (κ3) is 8.84. The van der Waals surface area contributed by atoms with Crippen molar-refractivity contribution in [2.75, 3.05) is 39.0 Å². The van der Waals surface area contributed by atoms with Gasteiger partial charge < -0.3 is 14.5 Å². The summed E-state index contributed by atoms with van der Waals surface area (Å²) in [6, 6.07) is 12.3. The van der Waals surface area contributed by atoms with Crippen LogP contribution in [0.5, 0.6) is 0 Å². The highest BCUT2D eigenvalue weighted by Crippen LogP contribution is 2.24. The first kappa shape index (κ1) is 30.3. The number of hydrogen-bond acceptors (Lipinski definition) is 6. The number of unbranched alkanes of at least 4 members (excludes halogenated alkanes) is 2. The van der Waals surface area contributed by atoms with E-state index in [1.54, 1.807) is 23.1 Å². The highest BCUT2D eigenvalue weighted by molar-refractivity contribution is 7.91. The molecule has 9 heteroatoms. The zero-order valence-electron chi connectivity index (χ0n) is 22.4. The van der Waals surface area contributed by atoms with E-state index < -0.39 is 33.4 Å². The number of nitrogens with zero attached hydrogens (tertiary/aromatic N) is 2. The first-order valence-corrected chi connectivity index (χ1v) is 14.7. The summed E-state index contributed by atoms with van der Waals surface area (Å²) < 4.78 is 31.6. The van der Waals surface area contributed by atoms with Crippen LogP contribution in [0, 0.1) is 5.92 Å². The molecule has 0 spiro atoms. The van der Waals surface area contributed by atoms with Crippen LogP contribution in [0.1, 0.15) is 52.9 Å². The Balaban J connectivity index is 2.36. The standard InChI is InChI=1S/C28H40N2O6S/c1-5-8-11-18-30(20-26(31)29(6-2)7-3)28(33)24(15-17-27(32)36-4)21-37(34,35)25-16-14-22-12-9-10-13-23(22)19-25/h9-10,12-14,16,19,24H,5-8,11,15,17-18,20-21H2,1-4H3. The number of ether oxygens (including phenoxy) is 1. The molecule has 37 heavy (non-hydrogen) atoms. The lowest BCUT2D eigenvalue weighted by Gasteiger charge is -2.29. The van der Waals surface area contributed by atoms with Crippen LogP contribution in [0.25, 0.3) is 10.8 Å². The highest BCUT2D eigenvalue weighted by Gasteiger charge is 2.32. The Labute approximate surface area is 220 Å². The quantitative estimate of drug-likeness (QED) is 0.253. The molecule has 0 radical (unpaired) electrons. The van der Waals surface area contributed by atoms with Crippen LogP contribution in [-0.2, 0) is 29.0 Å². The van der Waals surface area contributed by atoms with Crippen LogP contribution >= 0.6 is 0 Å². The minimum Gasteiger partial charge on any atom is -0.469 e. The average molecular weight is 533 g/mol. The Hall–Kier alpha value is -2.94. The third-order valence-electron chi connectivity index (χ3n) is 6.56. The van der Waals surface area contributed by atoms with Gasteiger partial charge in [0, 0.05) is 26.1 Å². The molecule has 2 aromatic carbocycles. The molecule has 0 saturated carbocycles. The molecule has 0 heterocycles.